The maximum absolute atomic E-state index is 13.0. The Bertz CT molecular complexity index is 1880. The molecular formula is C73H138O17P2. The van der Waals surface area contributed by atoms with Gasteiger partial charge in [0.1, 0.15) is 19.3 Å². The lowest BCUT2D eigenvalue weighted by Gasteiger charge is -2.21. The Morgan fingerprint density at radius 1 is 0.337 bits per heavy atom. The fraction of sp³-hybridized carbons (Fsp3) is 0.890. The van der Waals surface area contributed by atoms with Gasteiger partial charge in [-0.1, -0.05) is 297 Å². The van der Waals surface area contributed by atoms with Crippen LogP contribution in [0.15, 0.2) is 24.3 Å². The smallest absolute Gasteiger partial charge is 0.462 e. The molecule has 92 heavy (non-hydrogen) atoms. The zero-order chi connectivity index (χ0) is 67.9. The average Bonchev–Trinajstić information content (AvgIpc) is 3.70. The van der Waals surface area contributed by atoms with Gasteiger partial charge in [0, 0.05) is 25.7 Å². The van der Waals surface area contributed by atoms with Crippen LogP contribution in [-0.4, -0.2) is 96.7 Å². The van der Waals surface area contributed by atoms with Crippen molar-refractivity contribution in [2.45, 2.75) is 368 Å². The molecule has 0 aromatic rings. The second-order valence-corrected chi connectivity index (χ2v) is 29.5. The number of aliphatic hydroxyl groups is 1. The van der Waals surface area contributed by atoms with Crippen molar-refractivity contribution in [2.75, 3.05) is 39.6 Å². The fourth-order valence-electron chi connectivity index (χ4n) is 10.6. The molecule has 0 heterocycles. The highest BCUT2D eigenvalue weighted by Gasteiger charge is 2.30. The second kappa shape index (κ2) is 64.5. The van der Waals surface area contributed by atoms with Gasteiger partial charge >= 0.3 is 39.5 Å². The molecule has 0 radical (unpaired) electrons. The Morgan fingerprint density at radius 2 is 0.587 bits per heavy atom. The number of hydrogen-bond acceptors (Lipinski definition) is 15. The fourth-order valence-corrected chi connectivity index (χ4v) is 12.2. The van der Waals surface area contributed by atoms with E-state index in [1.165, 1.54) is 148 Å². The van der Waals surface area contributed by atoms with E-state index in [0.29, 0.717) is 31.6 Å². The van der Waals surface area contributed by atoms with E-state index in [2.05, 4.69) is 65.8 Å². The van der Waals surface area contributed by atoms with E-state index in [-0.39, 0.29) is 25.7 Å². The highest BCUT2D eigenvalue weighted by Crippen LogP contribution is 2.45. The molecule has 0 rings (SSSR count). The van der Waals surface area contributed by atoms with Crippen LogP contribution in [0, 0.1) is 11.8 Å². The van der Waals surface area contributed by atoms with Crippen molar-refractivity contribution in [2.24, 2.45) is 11.8 Å². The van der Waals surface area contributed by atoms with E-state index < -0.39 is 97.5 Å². The Morgan fingerprint density at radius 3 is 0.891 bits per heavy atom. The molecule has 0 saturated carbocycles. The number of phosphoric ester groups is 2. The molecule has 19 heteroatoms. The number of carbonyl (C=O) groups excluding carboxylic acids is 4. The zero-order valence-electron chi connectivity index (χ0n) is 59.3. The Hall–Kier alpha value is -2.46. The zero-order valence-corrected chi connectivity index (χ0v) is 61.1. The van der Waals surface area contributed by atoms with Gasteiger partial charge in [-0.2, -0.15) is 0 Å². The van der Waals surface area contributed by atoms with E-state index in [4.69, 9.17) is 37.0 Å². The maximum Gasteiger partial charge on any atom is 0.472 e. The van der Waals surface area contributed by atoms with Gasteiger partial charge in [-0.25, -0.2) is 9.13 Å². The van der Waals surface area contributed by atoms with Crippen molar-refractivity contribution >= 4 is 39.5 Å². The minimum Gasteiger partial charge on any atom is -0.462 e. The van der Waals surface area contributed by atoms with Crippen LogP contribution in [0.4, 0.5) is 0 Å². The molecule has 0 aliphatic rings. The van der Waals surface area contributed by atoms with Crippen molar-refractivity contribution in [1.29, 1.82) is 0 Å². The van der Waals surface area contributed by atoms with E-state index in [0.717, 1.165) is 115 Å². The molecule has 0 fully saturated rings. The van der Waals surface area contributed by atoms with Crippen LogP contribution >= 0.6 is 15.6 Å². The second-order valence-electron chi connectivity index (χ2n) is 26.6. The summed E-state index contributed by atoms with van der Waals surface area (Å²) < 4.78 is 68.3. The summed E-state index contributed by atoms with van der Waals surface area (Å²) in [4.78, 5) is 72.6. The number of unbranched alkanes of at least 4 members (excludes halogenated alkanes) is 37. The minimum atomic E-state index is -4.96. The molecule has 0 aromatic carbocycles. The van der Waals surface area contributed by atoms with E-state index >= 15 is 0 Å². The predicted molar refractivity (Wildman–Crippen MR) is 372 cm³/mol. The lowest BCUT2D eigenvalue weighted by molar-refractivity contribution is -0.161. The largest absolute Gasteiger partial charge is 0.472 e. The van der Waals surface area contributed by atoms with Crippen LogP contribution in [0.2, 0.25) is 0 Å². The molecule has 0 spiro atoms. The number of carbonyl (C=O) groups is 4. The van der Waals surface area contributed by atoms with Gasteiger partial charge in [-0.05, 0) is 63.2 Å². The van der Waals surface area contributed by atoms with Crippen LogP contribution in [0.1, 0.15) is 350 Å². The first-order valence-electron chi connectivity index (χ1n) is 37.3. The first-order chi connectivity index (χ1) is 44.4. The summed E-state index contributed by atoms with van der Waals surface area (Å²) in [5.41, 5.74) is 0. The standard InChI is InChI=1S/C73H138O17P2/c1-7-9-11-13-15-17-19-21-23-25-29-34-38-46-52-58-72(77)89-68(61-83-70(75)55-49-43-36-32-30-26-27-31-35-41-47-53-65(3)4)63-87-91(79,80)85-59-67(74)60-86-92(81,82)88-64-69(62-84-71(76)56-50-44-40-39-42-48-54-66(5)6)90-73(78)57-51-45-37-33-28-24-22-20-18-16-14-12-10-8-2/h17,19,21,23,65-69,74H,7-16,18,20,22,24-64H2,1-6H3,(H,79,80)(H,81,82)/b19-17-,23-21-/t67-,68-,69-/m1/s1. The average molecular weight is 1350 g/mol. The highest BCUT2D eigenvalue weighted by molar-refractivity contribution is 7.47. The van der Waals surface area contributed by atoms with E-state index in [1.807, 2.05) is 0 Å². The third-order valence-corrected chi connectivity index (χ3v) is 18.2. The summed E-state index contributed by atoms with van der Waals surface area (Å²) in [6.07, 6.45) is 53.6. The summed E-state index contributed by atoms with van der Waals surface area (Å²) in [5.74, 6) is -0.705. The Labute approximate surface area is 561 Å². The van der Waals surface area contributed by atoms with Crippen molar-refractivity contribution in [3.8, 4) is 0 Å². The van der Waals surface area contributed by atoms with Gasteiger partial charge in [0.15, 0.2) is 12.2 Å². The molecular weight excluding hydrogens is 1210 g/mol. The number of hydrogen-bond donors (Lipinski definition) is 3. The molecule has 0 aromatic heterocycles. The minimum absolute atomic E-state index is 0.0848. The van der Waals surface area contributed by atoms with Crippen molar-refractivity contribution < 1.29 is 80.2 Å². The normalized spacial score (nSPS) is 14.2. The number of esters is 4. The van der Waals surface area contributed by atoms with E-state index in [1.54, 1.807) is 0 Å². The molecule has 0 aliphatic heterocycles. The molecule has 0 bridgehead atoms. The molecule has 2 unspecified atom stereocenters. The number of phosphoric acid groups is 2. The molecule has 3 N–H and O–H groups in total. The van der Waals surface area contributed by atoms with Gasteiger partial charge in [0.05, 0.1) is 26.4 Å². The molecule has 0 saturated heterocycles. The summed E-state index contributed by atoms with van der Waals surface area (Å²) in [5, 5.41) is 10.6. The topological polar surface area (TPSA) is 237 Å². The lowest BCUT2D eigenvalue weighted by Crippen LogP contribution is -2.30. The number of allylic oxidation sites excluding steroid dienone is 4. The molecule has 0 aliphatic carbocycles. The summed E-state index contributed by atoms with van der Waals surface area (Å²) in [7, 11) is -9.92. The van der Waals surface area contributed by atoms with Crippen LogP contribution in [0.5, 0.6) is 0 Å². The predicted octanol–water partition coefficient (Wildman–Crippen LogP) is 20.7. The first-order valence-corrected chi connectivity index (χ1v) is 40.3. The third-order valence-electron chi connectivity index (χ3n) is 16.3. The summed E-state index contributed by atoms with van der Waals surface area (Å²) >= 11 is 0. The quantitative estimate of drug-likeness (QED) is 0.0169. The van der Waals surface area contributed by atoms with E-state index in [9.17, 15) is 43.2 Å². The highest BCUT2D eigenvalue weighted by atomic mass is 31.2. The molecule has 17 nitrogen and oxygen atoms in total. The monoisotopic (exact) mass is 1350 g/mol. The number of ether oxygens (including phenoxy) is 4. The molecule has 5 atom stereocenters. The number of aliphatic hydroxyl groups excluding tert-OH is 1. The van der Waals surface area contributed by atoms with Gasteiger partial charge in [0.2, 0.25) is 0 Å². The van der Waals surface area contributed by atoms with Gasteiger partial charge in [-0.15, -0.1) is 0 Å². The molecule has 0 amide bonds. The maximum atomic E-state index is 13.0. The lowest BCUT2D eigenvalue weighted by atomic mass is 10.0. The van der Waals surface area contributed by atoms with Gasteiger partial charge in [0.25, 0.3) is 0 Å². The van der Waals surface area contributed by atoms with Crippen LogP contribution in [-0.2, 0) is 65.4 Å². The summed E-state index contributed by atoms with van der Waals surface area (Å²) in [6, 6.07) is 0. The molecule has 542 valence electrons. The Balaban J connectivity index is 5.28. The third kappa shape index (κ3) is 66.2. The SMILES string of the molecule is CCCCCC/C=C\C=C/CCCCCCCC(=O)O[C@H](COC(=O)CCCCCCCCCCCCCC(C)C)COP(=O)(O)OC[C@@H](O)COP(=O)(O)OC[C@@H](COC(=O)CCCCCCCCC(C)C)OC(=O)CCCCCCCCCCCCCCCC. The van der Waals surface area contributed by atoms with Crippen LogP contribution < -0.4 is 0 Å². The Kier molecular flexibility index (Phi) is 62.8. The van der Waals surface area contributed by atoms with Crippen LogP contribution in [0.25, 0.3) is 0 Å². The van der Waals surface area contributed by atoms with Crippen LogP contribution in [0.3, 0.4) is 0 Å². The van der Waals surface area contributed by atoms with Gasteiger partial charge in [-0.3, -0.25) is 37.3 Å². The number of rotatable bonds is 70. The van der Waals surface area contributed by atoms with Crippen molar-refractivity contribution in [3.63, 3.8) is 0 Å². The van der Waals surface area contributed by atoms with Gasteiger partial charge < -0.3 is 33.8 Å². The van der Waals surface area contributed by atoms with Crippen molar-refractivity contribution in [1.82, 2.24) is 0 Å². The summed E-state index contributed by atoms with van der Waals surface area (Å²) in [6.45, 7) is 9.43. The first kappa shape index (κ1) is 89.5. The van der Waals surface area contributed by atoms with Crippen molar-refractivity contribution in [3.05, 3.63) is 24.3 Å².